The quantitative estimate of drug-likeness (QED) is 0.717. The Kier molecular flexibility index (Phi) is 5.76. The summed E-state index contributed by atoms with van der Waals surface area (Å²) >= 11 is 1.91. The fourth-order valence-electron chi connectivity index (χ4n) is 1.75. The molecule has 19 heavy (non-hydrogen) atoms. The fourth-order valence-corrected chi connectivity index (χ4v) is 2.51. The van der Waals surface area contributed by atoms with E-state index in [-0.39, 0.29) is 0 Å². The van der Waals surface area contributed by atoms with E-state index in [1.807, 2.05) is 42.2 Å². The second-order valence-electron chi connectivity index (χ2n) is 4.35. The zero-order valence-electron chi connectivity index (χ0n) is 11.2. The maximum atomic E-state index is 5.70. The summed E-state index contributed by atoms with van der Waals surface area (Å²) < 4.78 is 5.70. The predicted molar refractivity (Wildman–Crippen MR) is 81.9 cm³/mol. The topological polar surface area (TPSA) is 22.1 Å². The largest absolute Gasteiger partial charge is 0.493 e. The van der Waals surface area contributed by atoms with Crippen LogP contribution >= 0.6 is 11.8 Å². The molecule has 0 spiro atoms. The molecule has 0 aliphatic heterocycles. The van der Waals surface area contributed by atoms with Gasteiger partial charge in [-0.3, -0.25) is 4.98 Å². The minimum absolute atomic E-state index is 0.760. The maximum absolute atomic E-state index is 5.70. The number of hydrogen-bond acceptors (Lipinski definition) is 3. The van der Waals surface area contributed by atoms with E-state index in [0.29, 0.717) is 0 Å². The lowest BCUT2D eigenvalue weighted by molar-refractivity contribution is 0.344. The molecule has 0 aliphatic rings. The molecular weight excluding hydrogens is 254 g/mol. The average molecular weight is 273 g/mol. The molecule has 0 saturated heterocycles. The molecule has 1 aromatic heterocycles. The van der Waals surface area contributed by atoms with Gasteiger partial charge in [-0.25, -0.2) is 0 Å². The third kappa shape index (κ3) is 5.35. The number of benzene rings is 1. The Balaban J connectivity index is 1.58. The number of pyridine rings is 1. The molecule has 0 N–H and O–H groups in total. The Morgan fingerprint density at radius 1 is 1.11 bits per heavy atom. The highest BCUT2D eigenvalue weighted by Gasteiger charge is 1.96. The molecule has 0 atom stereocenters. The van der Waals surface area contributed by atoms with Gasteiger partial charge in [0.15, 0.2) is 0 Å². The van der Waals surface area contributed by atoms with E-state index in [1.54, 1.807) is 0 Å². The first-order valence-electron chi connectivity index (χ1n) is 6.52. The standard InChI is InChI=1S/C16H19NOS/c1-14-5-4-7-16(13-14)18-10-12-19-11-8-15-6-2-3-9-17-15/h2-7,9,13H,8,10-12H2,1H3. The summed E-state index contributed by atoms with van der Waals surface area (Å²) in [7, 11) is 0. The van der Waals surface area contributed by atoms with Gasteiger partial charge in [-0.1, -0.05) is 18.2 Å². The number of hydrogen-bond donors (Lipinski definition) is 0. The van der Waals surface area contributed by atoms with Crippen molar-refractivity contribution in [3.8, 4) is 5.75 Å². The predicted octanol–water partition coefficient (Wildman–Crippen LogP) is 3.74. The normalized spacial score (nSPS) is 10.4. The second-order valence-corrected chi connectivity index (χ2v) is 5.57. The lowest BCUT2D eigenvalue weighted by Gasteiger charge is -2.06. The number of ether oxygens (including phenoxy) is 1. The lowest BCUT2D eigenvalue weighted by Crippen LogP contribution is -2.02. The summed E-state index contributed by atoms with van der Waals surface area (Å²) in [4.78, 5) is 4.31. The van der Waals surface area contributed by atoms with Crippen molar-refractivity contribution in [3.05, 3.63) is 59.9 Å². The molecule has 0 fully saturated rings. The van der Waals surface area contributed by atoms with E-state index < -0.39 is 0 Å². The molecule has 2 aromatic rings. The first kappa shape index (κ1) is 13.9. The van der Waals surface area contributed by atoms with E-state index in [1.165, 1.54) is 5.56 Å². The summed E-state index contributed by atoms with van der Waals surface area (Å²) in [5.74, 6) is 3.07. The van der Waals surface area contributed by atoms with Crippen LogP contribution < -0.4 is 4.74 Å². The molecule has 0 unspecified atom stereocenters. The second kappa shape index (κ2) is 7.85. The molecule has 100 valence electrons. The first-order chi connectivity index (χ1) is 9.34. The molecule has 1 heterocycles. The SMILES string of the molecule is Cc1cccc(OCCSCCc2ccccn2)c1. The van der Waals surface area contributed by atoms with Crippen LogP contribution in [0.25, 0.3) is 0 Å². The summed E-state index contributed by atoms with van der Waals surface area (Å²) in [6.07, 6.45) is 2.87. The Labute approximate surface area is 119 Å². The zero-order valence-corrected chi connectivity index (χ0v) is 12.0. The van der Waals surface area contributed by atoms with Crippen molar-refractivity contribution in [1.29, 1.82) is 0 Å². The van der Waals surface area contributed by atoms with Gasteiger partial charge in [-0.05, 0) is 48.9 Å². The van der Waals surface area contributed by atoms with Crippen LogP contribution in [0.1, 0.15) is 11.3 Å². The zero-order chi connectivity index (χ0) is 13.3. The monoisotopic (exact) mass is 273 g/mol. The van der Waals surface area contributed by atoms with Gasteiger partial charge in [-0.15, -0.1) is 0 Å². The van der Waals surface area contributed by atoms with Crippen molar-refractivity contribution < 1.29 is 4.74 Å². The minimum Gasteiger partial charge on any atom is -0.493 e. The van der Waals surface area contributed by atoms with Crippen LogP contribution in [-0.4, -0.2) is 23.1 Å². The van der Waals surface area contributed by atoms with Gasteiger partial charge in [-0.2, -0.15) is 11.8 Å². The van der Waals surface area contributed by atoms with Crippen LogP contribution in [0.2, 0.25) is 0 Å². The van der Waals surface area contributed by atoms with Crippen LogP contribution in [0.3, 0.4) is 0 Å². The average Bonchev–Trinajstić information content (AvgIpc) is 2.44. The third-order valence-electron chi connectivity index (χ3n) is 2.71. The van der Waals surface area contributed by atoms with Crippen molar-refractivity contribution in [2.45, 2.75) is 13.3 Å². The minimum atomic E-state index is 0.760. The Morgan fingerprint density at radius 3 is 2.84 bits per heavy atom. The van der Waals surface area contributed by atoms with Crippen LogP contribution in [0.4, 0.5) is 0 Å². The van der Waals surface area contributed by atoms with Crippen molar-refractivity contribution in [2.75, 3.05) is 18.1 Å². The van der Waals surface area contributed by atoms with Gasteiger partial charge >= 0.3 is 0 Å². The number of aromatic nitrogens is 1. The maximum Gasteiger partial charge on any atom is 0.119 e. The molecule has 3 heteroatoms. The van der Waals surface area contributed by atoms with Gasteiger partial charge < -0.3 is 4.74 Å². The highest BCUT2D eigenvalue weighted by atomic mass is 32.2. The van der Waals surface area contributed by atoms with Gasteiger partial charge in [0.1, 0.15) is 5.75 Å². The smallest absolute Gasteiger partial charge is 0.119 e. The molecule has 0 saturated carbocycles. The molecular formula is C16H19NOS. The summed E-state index contributed by atoms with van der Waals surface area (Å²) in [5.41, 5.74) is 2.40. The van der Waals surface area contributed by atoms with Crippen molar-refractivity contribution in [1.82, 2.24) is 4.98 Å². The number of rotatable bonds is 7. The van der Waals surface area contributed by atoms with E-state index in [0.717, 1.165) is 36.0 Å². The highest BCUT2D eigenvalue weighted by Crippen LogP contribution is 2.13. The molecule has 2 nitrogen and oxygen atoms in total. The van der Waals surface area contributed by atoms with E-state index in [2.05, 4.69) is 30.1 Å². The number of thioether (sulfide) groups is 1. The highest BCUT2D eigenvalue weighted by molar-refractivity contribution is 7.99. The van der Waals surface area contributed by atoms with Crippen LogP contribution in [0.15, 0.2) is 48.7 Å². The number of aryl methyl sites for hydroxylation is 2. The van der Waals surface area contributed by atoms with Crippen molar-refractivity contribution in [3.63, 3.8) is 0 Å². The summed E-state index contributed by atoms with van der Waals surface area (Å²) in [6.45, 7) is 2.84. The van der Waals surface area contributed by atoms with Crippen LogP contribution in [0, 0.1) is 6.92 Å². The summed E-state index contributed by atoms with van der Waals surface area (Å²) in [5, 5.41) is 0. The van der Waals surface area contributed by atoms with E-state index in [4.69, 9.17) is 4.74 Å². The van der Waals surface area contributed by atoms with Crippen molar-refractivity contribution >= 4 is 11.8 Å². The Morgan fingerprint density at radius 2 is 2.05 bits per heavy atom. The Hall–Kier alpha value is -1.48. The first-order valence-corrected chi connectivity index (χ1v) is 7.67. The summed E-state index contributed by atoms with van der Waals surface area (Å²) in [6, 6.07) is 14.2. The Bertz CT molecular complexity index is 487. The van der Waals surface area contributed by atoms with E-state index >= 15 is 0 Å². The van der Waals surface area contributed by atoms with Gasteiger partial charge in [0.25, 0.3) is 0 Å². The van der Waals surface area contributed by atoms with Crippen LogP contribution in [0.5, 0.6) is 5.75 Å². The molecule has 0 radical (unpaired) electrons. The van der Waals surface area contributed by atoms with E-state index in [9.17, 15) is 0 Å². The lowest BCUT2D eigenvalue weighted by atomic mass is 10.2. The van der Waals surface area contributed by atoms with Gasteiger partial charge in [0, 0.05) is 17.6 Å². The molecule has 0 bridgehead atoms. The molecule has 0 aliphatic carbocycles. The number of nitrogens with zero attached hydrogens (tertiary/aromatic N) is 1. The third-order valence-corrected chi connectivity index (χ3v) is 3.66. The molecule has 2 rings (SSSR count). The fraction of sp³-hybridized carbons (Fsp3) is 0.312. The van der Waals surface area contributed by atoms with Gasteiger partial charge in [0.2, 0.25) is 0 Å². The van der Waals surface area contributed by atoms with Crippen LogP contribution in [-0.2, 0) is 6.42 Å². The van der Waals surface area contributed by atoms with Gasteiger partial charge in [0.05, 0.1) is 6.61 Å². The van der Waals surface area contributed by atoms with Crippen molar-refractivity contribution in [2.24, 2.45) is 0 Å². The molecule has 0 amide bonds. The molecule has 1 aromatic carbocycles.